The summed E-state index contributed by atoms with van der Waals surface area (Å²) in [5.41, 5.74) is 17.2. The molecule has 4 aromatic heterocycles. The number of aromatic nitrogens is 4. The standard InChI is InChI=1S/4C15H26N2O/c4*1-9(2)15(18)14-11(5)13(12(6)17(14)8)16(7)10(3)4/h4*9-10H,1-8H3. The van der Waals surface area contributed by atoms with Crippen LogP contribution in [0.25, 0.3) is 0 Å². The summed E-state index contributed by atoms with van der Waals surface area (Å²) in [4.78, 5) is 58.2. The van der Waals surface area contributed by atoms with Crippen molar-refractivity contribution in [1.29, 1.82) is 0 Å². The SMILES string of the molecule is Cc1c(N(C)C(C)C)c(C)n(C)c1C(=O)C(C)C.Cc1c(N(C)C(C)C)c(C)n(C)c1C(=O)C(C)C.Cc1c(N(C)C(C)C)c(C)n(C)c1C(=O)C(C)C.Cc1c(N(C)C(C)C)c(C)n(C)c1C(=O)C(C)C. The molecule has 12 nitrogen and oxygen atoms in total. The number of carbonyl (C=O) groups is 4. The van der Waals surface area contributed by atoms with Crippen LogP contribution in [0.4, 0.5) is 22.7 Å². The molecule has 0 spiro atoms. The summed E-state index contributed by atoms with van der Waals surface area (Å²) >= 11 is 0. The molecule has 0 aliphatic heterocycles. The molecule has 0 bridgehead atoms. The van der Waals surface area contributed by atoms with Crippen LogP contribution >= 0.6 is 0 Å². The van der Waals surface area contributed by atoms with Gasteiger partial charge in [-0.25, -0.2) is 0 Å². The summed E-state index contributed by atoms with van der Waals surface area (Å²) in [6.45, 7) is 49.5. The lowest BCUT2D eigenvalue weighted by atomic mass is 10.0. The summed E-state index contributed by atoms with van der Waals surface area (Å²) in [5, 5.41) is 0. The minimum atomic E-state index is 0.0360. The maximum absolute atomic E-state index is 12.3. The molecule has 0 N–H and O–H groups in total. The topological polar surface area (TPSA) is 101 Å². The average molecular weight is 1000 g/mol. The van der Waals surface area contributed by atoms with Gasteiger partial charge in [0.05, 0.1) is 45.5 Å². The Kier molecular flexibility index (Phi) is 23.7. The van der Waals surface area contributed by atoms with E-state index in [1.54, 1.807) is 0 Å². The number of ketones is 4. The Bertz CT molecular complexity index is 2170. The zero-order valence-electron chi connectivity index (χ0n) is 51.8. The summed E-state index contributed by atoms with van der Waals surface area (Å²) in [6.07, 6.45) is 0. The van der Waals surface area contributed by atoms with Gasteiger partial charge in [-0.15, -0.1) is 0 Å². The lowest BCUT2D eigenvalue weighted by Crippen LogP contribution is -2.26. The van der Waals surface area contributed by atoms with E-state index in [1.165, 1.54) is 22.7 Å². The summed E-state index contributed by atoms with van der Waals surface area (Å²) < 4.78 is 8.13. The van der Waals surface area contributed by atoms with Gasteiger partial charge in [-0.3, -0.25) is 19.2 Å². The molecule has 0 atom stereocenters. The van der Waals surface area contributed by atoms with Crippen LogP contribution < -0.4 is 19.6 Å². The predicted molar refractivity (Wildman–Crippen MR) is 310 cm³/mol. The number of nitrogens with zero attached hydrogens (tertiary/aromatic N) is 8. The van der Waals surface area contributed by atoms with E-state index in [0.29, 0.717) is 24.2 Å². The van der Waals surface area contributed by atoms with E-state index in [0.717, 1.165) is 67.8 Å². The molecule has 0 saturated carbocycles. The fourth-order valence-corrected chi connectivity index (χ4v) is 9.45. The van der Waals surface area contributed by atoms with Crippen molar-refractivity contribution in [2.45, 2.75) is 190 Å². The van der Waals surface area contributed by atoms with Crippen LogP contribution in [0.3, 0.4) is 0 Å². The second kappa shape index (κ2) is 26.3. The van der Waals surface area contributed by atoms with Crippen LogP contribution in [0.2, 0.25) is 0 Å². The number of Topliss-reactive ketones (excluding diaryl/α,β-unsaturated/α-hetero) is 4. The van der Waals surface area contributed by atoms with Gasteiger partial charge in [-0.2, -0.15) is 0 Å². The van der Waals surface area contributed by atoms with E-state index in [1.807, 2.05) is 102 Å². The quantitative estimate of drug-likeness (QED) is 0.102. The van der Waals surface area contributed by atoms with Crippen LogP contribution in [0.15, 0.2) is 0 Å². The van der Waals surface area contributed by atoms with Gasteiger partial charge in [0.15, 0.2) is 23.1 Å². The normalized spacial score (nSPS) is 11.4. The van der Waals surface area contributed by atoms with Gasteiger partial charge in [-0.1, -0.05) is 55.4 Å². The second-order valence-corrected chi connectivity index (χ2v) is 22.8. The first kappa shape index (κ1) is 65.0. The lowest BCUT2D eigenvalue weighted by Gasteiger charge is -2.24. The van der Waals surface area contributed by atoms with Gasteiger partial charge in [-0.05, 0) is 111 Å². The zero-order chi connectivity index (χ0) is 56.8. The highest BCUT2D eigenvalue weighted by atomic mass is 16.1. The maximum Gasteiger partial charge on any atom is 0.182 e. The fraction of sp³-hybridized carbons (Fsp3) is 0.667. The van der Waals surface area contributed by atoms with E-state index in [9.17, 15) is 19.2 Å². The van der Waals surface area contributed by atoms with E-state index in [-0.39, 0.29) is 46.8 Å². The Morgan fingerprint density at radius 2 is 0.417 bits per heavy atom. The van der Waals surface area contributed by atoms with Crippen molar-refractivity contribution in [3.8, 4) is 0 Å². The molecule has 0 amide bonds. The van der Waals surface area contributed by atoms with Crippen molar-refractivity contribution in [3.63, 3.8) is 0 Å². The van der Waals surface area contributed by atoms with Crippen LogP contribution in [-0.2, 0) is 28.2 Å². The molecule has 0 saturated heterocycles. The maximum atomic E-state index is 12.3. The molecule has 0 unspecified atom stereocenters. The molecule has 12 heteroatoms. The predicted octanol–water partition coefficient (Wildman–Crippen LogP) is 13.3. The molecular weight excluding hydrogens is 897 g/mol. The van der Waals surface area contributed by atoms with E-state index < -0.39 is 0 Å². The second-order valence-electron chi connectivity index (χ2n) is 22.8. The molecule has 4 aromatic rings. The molecule has 4 heterocycles. The monoisotopic (exact) mass is 1000 g/mol. The van der Waals surface area contributed by atoms with Gasteiger partial charge in [0.2, 0.25) is 0 Å². The highest BCUT2D eigenvalue weighted by molar-refractivity contribution is 6.01. The first-order chi connectivity index (χ1) is 32.8. The Hall–Kier alpha value is -5.00. The van der Waals surface area contributed by atoms with Crippen LogP contribution in [-0.4, -0.2) is 93.8 Å². The van der Waals surface area contributed by atoms with E-state index in [2.05, 4.69) is 159 Å². The molecule has 0 radical (unpaired) electrons. The van der Waals surface area contributed by atoms with Crippen LogP contribution in [0.1, 0.15) is 198 Å². The first-order valence-electron chi connectivity index (χ1n) is 26.5. The number of carbonyl (C=O) groups excluding carboxylic acids is 4. The zero-order valence-corrected chi connectivity index (χ0v) is 51.8. The minimum absolute atomic E-state index is 0.0360. The minimum Gasteiger partial charge on any atom is -0.370 e. The molecule has 0 fully saturated rings. The number of hydrogen-bond acceptors (Lipinski definition) is 8. The van der Waals surface area contributed by atoms with E-state index >= 15 is 0 Å². The Labute approximate surface area is 439 Å². The van der Waals surface area contributed by atoms with Gasteiger partial charge in [0.25, 0.3) is 0 Å². The summed E-state index contributed by atoms with van der Waals surface area (Å²) in [5.74, 6) is 1.04. The molecular formula is C60H104N8O4. The van der Waals surface area contributed by atoms with Crippen LogP contribution in [0.5, 0.6) is 0 Å². The van der Waals surface area contributed by atoms with Gasteiger partial charge < -0.3 is 37.9 Å². The first-order valence-corrected chi connectivity index (χ1v) is 26.5. The van der Waals surface area contributed by atoms with Crippen molar-refractivity contribution in [3.05, 3.63) is 67.8 Å². The lowest BCUT2D eigenvalue weighted by molar-refractivity contribution is 0.0923. The van der Waals surface area contributed by atoms with Crippen LogP contribution in [0, 0.1) is 79.1 Å². The molecule has 4 rings (SSSR count). The van der Waals surface area contributed by atoms with Crippen molar-refractivity contribution in [2.24, 2.45) is 51.9 Å². The highest BCUT2D eigenvalue weighted by Gasteiger charge is 2.29. The molecule has 408 valence electrons. The summed E-state index contributed by atoms with van der Waals surface area (Å²) in [7, 11) is 16.3. The van der Waals surface area contributed by atoms with Crippen molar-refractivity contribution in [1.82, 2.24) is 18.3 Å². The fourth-order valence-electron chi connectivity index (χ4n) is 9.45. The van der Waals surface area contributed by atoms with Gasteiger partial charge in [0, 0.05) is 149 Å². The Morgan fingerprint density at radius 3 is 0.514 bits per heavy atom. The molecule has 0 aliphatic carbocycles. The third-order valence-corrected chi connectivity index (χ3v) is 15.1. The van der Waals surface area contributed by atoms with Gasteiger partial charge >= 0.3 is 0 Å². The van der Waals surface area contributed by atoms with Crippen molar-refractivity contribution in [2.75, 3.05) is 47.8 Å². The van der Waals surface area contributed by atoms with Crippen molar-refractivity contribution >= 4 is 45.9 Å². The van der Waals surface area contributed by atoms with E-state index in [4.69, 9.17) is 0 Å². The Morgan fingerprint density at radius 1 is 0.292 bits per heavy atom. The Balaban J connectivity index is 0.000000480. The molecule has 72 heavy (non-hydrogen) atoms. The third kappa shape index (κ3) is 13.8. The average Bonchev–Trinajstić information content (AvgIpc) is 3.83. The smallest absolute Gasteiger partial charge is 0.182 e. The largest absolute Gasteiger partial charge is 0.370 e. The summed E-state index contributed by atoms with van der Waals surface area (Å²) in [6, 6.07) is 1.69. The molecule has 0 aromatic carbocycles. The van der Waals surface area contributed by atoms with Crippen molar-refractivity contribution < 1.29 is 19.2 Å². The highest BCUT2D eigenvalue weighted by Crippen LogP contribution is 2.35. The number of hydrogen-bond donors (Lipinski definition) is 0. The number of rotatable bonds is 16. The number of anilines is 4. The van der Waals surface area contributed by atoms with Gasteiger partial charge in [0.1, 0.15) is 0 Å². The third-order valence-electron chi connectivity index (χ3n) is 15.1. The molecule has 0 aliphatic rings.